The summed E-state index contributed by atoms with van der Waals surface area (Å²) in [5, 5.41) is 7.32. The molecule has 0 saturated carbocycles. The molecule has 0 bridgehead atoms. The molecule has 0 aliphatic carbocycles. The van der Waals surface area contributed by atoms with E-state index in [2.05, 4.69) is 20.4 Å². The summed E-state index contributed by atoms with van der Waals surface area (Å²) in [6.45, 7) is 0.547. The normalized spacial score (nSPS) is 10.2. The number of nitrogens with zero attached hydrogens (tertiary/aromatic N) is 4. The van der Waals surface area contributed by atoms with Crippen LogP contribution >= 0.6 is 0 Å². The van der Waals surface area contributed by atoms with Gasteiger partial charge in [0.15, 0.2) is 5.82 Å². The first-order valence-corrected chi connectivity index (χ1v) is 5.07. The van der Waals surface area contributed by atoms with E-state index >= 15 is 0 Å². The summed E-state index contributed by atoms with van der Waals surface area (Å²) in [6, 6.07) is 1.92. The van der Waals surface area contributed by atoms with E-state index in [4.69, 9.17) is 10.5 Å². The highest BCUT2D eigenvalue weighted by Gasteiger charge is 2.08. The van der Waals surface area contributed by atoms with E-state index in [1.54, 1.807) is 4.68 Å². The van der Waals surface area contributed by atoms with Gasteiger partial charge in [0.1, 0.15) is 12.0 Å². The first kappa shape index (κ1) is 11.2. The fourth-order valence-corrected chi connectivity index (χ4v) is 1.41. The van der Waals surface area contributed by atoms with E-state index in [0.29, 0.717) is 23.9 Å². The van der Waals surface area contributed by atoms with Crippen LogP contribution in [0.1, 0.15) is 5.69 Å². The standard InChI is InChI=1S/C10H14N6O/c1-16-4-3-7(15-16)5-12-9-8(11)10(17-2)14-6-13-9/h3-4,6H,5,11H2,1-2H3,(H,12,13,14). The summed E-state index contributed by atoms with van der Waals surface area (Å²) >= 11 is 0. The van der Waals surface area contributed by atoms with E-state index in [1.807, 2.05) is 19.3 Å². The number of aromatic nitrogens is 4. The number of nitrogens with two attached hydrogens (primary N) is 1. The second kappa shape index (κ2) is 4.69. The van der Waals surface area contributed by atoms with Crippen molar-refractivity contribution in [3.05, 3.63) is 24.3 Å². The predicted octanol–water partition coefficient (Wildman–Crippen LogP) is 0.413. The van der Waals surface area contributed by atoms with Gasteiger partial charge in [-0.05, 0) is 6.07 Å². The van der Waals surface area contributed by atoms with Crippen molar-refractivity contribution in [3.63, 3.8) is 0 Å². The molecular weight excluding hydrogens is 220 g/mol. The molecule has 0 spiro atoms. The molecule has 0 atom stereocenters. The summed E-state index contributed by atoms with van der Waals surface area (Å²) in [5.41, 5.74) is 7.13. The summed E-state index contributed by atoms with van der Waals surface area (Å²) in [4.78, 5) is 7.95. The highest BCUT2D eigenvalue weighted by Crippen LogP contribution is 2.24. The predicted molar refractivity (Wildman–Crippen MR) is 63.5 cm³/mol. The maximum absolute atomic E-state index is 5.83. The number of aryl methyl sites for hydroxylation is 1. The molecule has 7 nitrogen and oxygen atoms in total. The van der Waals surface area contributed by atoms with Crippen molar-refractivity contribution in [2.45, 2.75) is 6.54 Å². The Morgan fingerprint density at radius 3 is 2.94 bits per heavy atom. The number of nitrogens with one attached hydrogen (secondary N) is 1. The number of nitrogen functional groups attached to an aromatic ring is 1. The van der Waals surface area contributed by atoms with Gasteiger partial charge >= 0.3 is 0 Å². The summed E-state index contributed by atoms with van der Waals surface area (Å²) in [5.74, 6) is 0.908. The number of hydrogen-bond donors (Lipinski definition) is 2. The molecule has 0 aliphatic rings. The second-order valence-corrected chi connectivity index (χ2v) is 3.48. The lowest BCUT2D eigenvalue weighted by Crippen LogP contribution is -2.07. The van der Waals surface area contributed by atoms with Crippen molar-refractivity contribution in [1.29, 1.82) is 0 Å². The van der Waals surface area contributed by atoms with Crippen LogP contribution in [-0.2, 0) is 13.6 Å². The highest BCUT2D eigenvalue weighted by molar-refractivity contribution is 5.66. The van der Waals surface area contributed by atoms with Crippen molar-refractivity contribution >= 4 is 11.5 Å². The van der Waals surface area contributed by atoms with Crippen LogP contribution in [0.25, 0.3) is 0 Å². The minimum Gasteiger partial charge on any atom is -0.479 e. The van der Waals surface area contributed by atoms with Crippen molar-refractivity contribution in [2.75, 3.05) is 18.2 Å². The molecule has 3 N–H and O–H groups in total. The summed E-state index contributed by atoms with van der Waals surface area (Å²) < 4.78 is 6.74. The quantitative estimate of drug-likeness (QED) is 0.796. The fraction of sp³-hybridized carbons (Fsp3) is 0.300. The zero-order valence-corrected chi connectivity index (χ0v) is 9.71. The summed E-state index contributed by atoms with van der Waals surface area (Å²) in [6.07, 6.45) is 3.27. The third-order valence-corrected chi connectivity index (χ3v) is 2.25. The SMILES string of the molecule is COc1ncnc(NCc2ccn(C)n2)c1N. The highest BCUT2D eigenvalue weighted by atomic mass is 16.5. The smallest absolute Gasteiger partial charge is 0.242 e. The van der Waals surface area contributed by atoms with Crippen LogP contribution in [0.2, 0.25) is 0 Å². The zero-order chi connectivity index (χ0) is 12.3. The minimum absolute atomic E-state index is 0.364. The lowest BCUT2D eigenvalue weighted by atomic mass is 10.4. The molecule has 17 heavy (non-hydrogen) atoms. The Bertz CT molecular complexity index is 509. The van der Waals surface area contributed by atoms with Gasteiger partial charge in [-0.2, -0.15) is 10.1 Å². The number of ether oxygens (including phenoxy) is 1. The number of hydrogen-bond acceptors (Lipinski definition) is 6. The molecule has 0 radical (unpaired) electrons. The topological polar surface area (TPSA) is 90.9 Å². The molecular formula is C10H14N6O. The first-order valence-electron chi connectivity index (χ1n) is 5.07. The van der Waals surface area contributed by atoms with Crippen molar-refractivity contribution in [3.8, 4) is 5.88 Å². The van der Waals surface area contributed by atoms with Gasteiger partial charge in [-0.1, -0.05) is 0 Å². The van der Waals surface area contributed by atoms with Gasteiger partial charge in [0.2, 0.25) is 5.88 Å². The lowest BCUT2D eigenvalue weighted by molar-refractivity contribution is 0.399. The van der Waals surface area contributed by atoms with Gasteiger partial charge in [0.05, 0.1) is 19.3 Å². The molecule has 2 rings (SSSR count). The van der Waals surface area contributed by atoms with Crippen LogP contribution in [0.5, 0.6) is 5.88 Å². The Balaban J connectivity index is 2.09. The van der Waals surface area contributed by atoms with E-state index in [-0.39, 0.29) is 0 Å². The molecule has 0 aromatic carbocycles. The maximum atomic E-state index is 5.83. The third kappa shape index (κ3) is 2.44. The zero-order valence-electron chi connectivity index (χ0n) is 9.71. The molecule has 7 heteroatoms. The molecule has 0 amide bonds. The number of methoxy groups -OCH3 is 1. The van der Waals surface area contributed by atoms with Crippen molar-refractivity contribution in [1.82, 2.24) is 19.7 Å². The van der Waals surface area contributed by atoms with Gasteiger partial charge < -0.3 is 15.8 Å². The lowest BCUT2D eigenvalue weighted by Gasteiger charge is -2.08. The minimum atomic E-state index is 0.364. The molecule has 0 aliphatic heterocycles. The molecule has 2 aromatic heterocycles. The average molecular weight is 234 g/mol. The Kier molecular flexibility index (Phi) is 3.08. The Hall–Kier alpha value is -2.31. The number of rotatable bonds is 4. The Labute approximate surface area is 98.6 Å². The van der Waals surface area contributed by atoms with Crippen LogP contribution in [0.15, 0.2) is 18.6 Å². The van der Waals surface area contributed by atoms with Gasteiger partial charge in [0, 0.05) is 13.2 Å². The third-order valence-electron chi connectivity index (χ3n) is 2.25. The number of anilines is 2. The van der Waals surface area contributed by atoms with Crippen LogP contribution in [0.4, 0.5) is 11.5 Å². The summed E-state index contributed by atoms with van der Waals surface area (Å²) in [7, 11) is 3.38. The van der Waals surface area contributed by atoms with Gasteiger partial charge in [-0.15, -0.1) is 0 Å². The maximum Gasteiger partial charge on any atom is 0.242 e. The van der Waals surface area contributed by atoms with Gasteiger partial charge in [0.25, 0.3) is 0 Å². The molecule has 2 aromatic rings. The molecule has 0 saturated heterocycles. The molecule has 2 heterocycles. The molecule has 0 unspecified atom stereocenters. The first-order chi connectivity index (χ1) is 8.20. The largest absolute Gasteiger partial charge is 0.479 e. The van der Waals surface area contributed by atoms with Crippen LogP contribution in [-0.4, -0.2) is 26.9 Å². The van der Waals surface area contributed by atoms with E-state index in [9.17, 15) is 0 Å². The molecule has 90 valence electrons. The van der Waals surface area contributed by atoms with Crippen LogP contribution < -0.4 is 15.8 Å². The van der Waals surface area contributed by atoms with Crippen LogP contribution in [0.3, 0.4) is 0 Å². The van der Waals surface area contributed by atoms with Crippen LogP contribution in [0, 0.1) is 0 Å². The Morgan fingerprint density at radius 1 is 1.47 bits per heavy atom. The Morgan fingerprint density at radius 2 is 2.29 bits per heavy atom. The van der Waals surface area contributed by atoms with Gasteiger partial charge in [-0.3, -0.25) is 4.68 Å². The second-order valence-electron chi connectivity index (χ2n) is 3.48. The van der Waals surface area contributed by atoms with E-state index in [0.717, 1.165) is 5.69 Å². The average Bonchev–Trinajstić information content (AvgIpc) is 2.74. The van der Waals surface area contributed by atoms with Crippen molar-refractivity contribution in [2.24, 2.45) is 7.05 Å². The fourth-order valence-electron chi connectivity index (χ4n) is 1.41. The van der Waals surface area contributed by atoms with E-state index < -0.39 is 0 Å². The van der Waals surface area contributed by atoms with Gasteiger partial charge in [-0.25, -0.2) is 4.98 Å². The van der Waals surface area contributed by atoms with Crippen molar-refractivity contribution < 1.29 is 4.74 Å². The van der Waals surface area contributed by atoms with E-state index in [1.165, 1.54) is 13.4 Å². The monoisotopic (exact) mass is 234 g/mol. The molecule has 0 fully saturated rings.